The Morgan fingerprint density at radius 2 is 1.52 bits per heavy atom. The molecule has 3 heterocycles. The number of rotatable bonds is 2. The highest BCUT2D eigenvalue weighted by molar-refractivity contribution is 7.29. The van der Waals surface area contributed by atoms with Gasteiger partial charge in [0.1, 0.15) is 5.01 Å². The molecular formula is C21H9N3O2S3. The van der Waals surface area contributed by atoms with Crippen molar-refractivity contribution < 1.29 is 9.59 Å². The molecule has 0 aliphatic heterocycles. The van der Waals surface area contributed by atoms with E-state index in [0.29, 0.717) is 16.1 Å². The predicted molar refractivity (Wildman–Crippen MR) is 117 cm³/mol. The fraction of sp³-hybridized carbons (Fsp3) is 0. The average Bonchev–Trinajstić information content (AvgIpc) is 3.48. The van der Waals surface area contributed by atoms with Gasteiger partial charge >= 0.3 is 0 Å². The molecular weight excluding hydrogens is 422 g/mol. The Hall–Kier alpha value is -3.07. The lowest BCUT2D eigenvalue weighted by Crippen LogP contribution is -1.99. The molecule has 0 saturated heterocycles. The number of hydrogen-bond acceptors (Lipinski definition) is 8. The molecule has 0 amide bonds. The molecule has 0 spiro atoms. The summed E-state index contributed by atoms with van der Waals surface area (Å²) in [7, 11) is 0. The Bertz CT molecular complexity index is 1400. The van der Waals surface area contributed by atoms with Gasteiger partial charge in [0.2, 0.25) is 0 Å². The van der Waals surface area contributed by atoms with Gasteiger partial charge in [0.25, 0.3) is 0 Å². The number of thiazole rings is 3. The predicted octanol–water partition coefficient (Wildman–Crippen LogP) is 5.49. The van der Waals surface area contributed by atoms with Crippen LogP contribution in [0.25, 0.3) is 36.5 Å². The number of nitrogens with zero attached hydrogens (tertiary/aromatic N) is 3. The van der Waals surface area contributed by atoms with Crippen molar-refractivity contribution in [2.45, 2.75) is 0 Å². The minimum absolute atomic E-state index is 0.164. The molecule has 138 valence electrons. The van der Waals surface area contributed by atoms with Crippen molar-refractivity contribution in [3.05, 3.63) is 69.7 Å². The highest BCUT2D eigenvalue weighted by Gasteiger charge is 2.33. The van der Waals surface area contributed by atoms with E-state index in [2.05, 4.69) is 15.0 Å². The maximum absolute atomic E-state index is 12.9. The smallest absolute Gasteiger partial charge is 0.197 e. The van der Waals surface area contributed by atoms with E-state index in [9.17, 15) is 9.59 Å². The van der Waals surface area contributed by atoms with E-state index in [4.69, 9.17) is 0 Å². The molecule has 0 atom stereocenters. The number of fused-ring (bicyclic) bond motifs is 3. The number of allylic oxidation sites excluding steroid dienone is 1. The van der Waals surface area contributed by atoms with Crippen LogP contribution >= 0.6 is 34.0 Å². The lowest BCUT2D eigenvalue weighted by atomic mass is 10.0. The van der Waals surface area contributed by atoms with Crippen LogP contribution in [0.2, 0.25) is 0 Å². The van der Waals surface area contributed by atoms with E-state index in [0.717, 1.165) is 30.4 Å². The van der Waals surface area contributed by atoms with Gasteiger partial charge in [-0.15, -0.1) is 11.3 Å². The summed E-state index contributed by atoms with van der Waals surface area (Å²) in [5.41, 5.74) is 1.09. The quantitative estimate of drug-likeness (QED) is 0.273. The lowest BCUT2D eigenvalue weighted by Gasteiger charge is -2.00. The fourth-order valence-corrected chi connectivity index (χ4v) is 6.08. The summed E-state index contributed by atoms with van der Waals surface area (Å²) in [6.45, 7) is 0. The first-order valence-electron chi connectivity index (χ1n) is 8.68. The van der Waals surface area contributed by atoms with Crippen LogP contribution in [0.4, 0.5) is 0 Å². The minimum atomic E-state index is -0.245. The number of hydrogen-bond donors (Lipinski definition) is 0. The molecule has 0 saturated carbocycles. The van der Waals surface area contributed by atoms with E-state index in [-0.39, 0.29) is 17.1 Å². The second kappa shape index (κ2) is 6.21. The van der Waals surface area contributed by atoms with Gasteiger partial charge in [-0.05, 0) is 29.0 Å². The fourth-order valence-electron chi connectivity index (χ4n) is 3.40. The van der Waals surface area contributed by atoms with Gasteiger partial charge in [-0.2, -0.15) is 0 Å². The normalized spacial score (nSPS) is 13.6. The second-order valence-electron chi connectivity index (χ2n) is 6.48. The largest absolute Gasteiger partial charge is 0.288 e. The molecule has 3 aromatic heterocycles. The van der Waals surface area contributed by atoms with Crippen molar-refractivity contribution in [3.63, 3.8) is 0 Å². The maximum atomic E-state index is 12.9. The number of ketones is 2. The molecule has 29 heavy (non-hydrogen) atoms. The van der Waals surface area contributed by atoms with Crippen LogP contribution in [0.5, 0.6) is 0 Å². The zero-order chi connectivity index (χ0) is 19.5. The first-order valence-corrected chi connectivity index (χ1v) is 11.2. The topological polar surface area (TPSA) is 72.8 Å². The molecule has 6 rings (SSSR count). The van der Waals surface area contributed by atoms with Gasteiger partial charge < -0.3 is 0 Å². The number of benzene rings is 2. The van der Waals surface area contributed by atoms with Gasteiger partial charge in [-0.25, -0.2) is 15.0 Å². The van der Waals surface area contributed by atoms with Crippen LogP contribution in [0, 0.1) is 0 Å². The first kappa shape index (κ1) is 16.8. The van der Waals surface area contributed by atoms with Crippen molar-refractivity contribution in [2.75, 3.05) is 0 Å². The lowest BCUT2D eigenvalue weighted by molar-refractivity contribution is 0.0990. The number of aromatic nitrogens is 3. The highest BCUT2D eigenvalue weighted by atomic mass is 32.1. The van der Waals surface area contributed by atoms with Gasteiger partial charge in [0, 0.05) is 22.7 Å². The average molecular weight is 432 g/mol. The highest BCUT2D eigenvalue weighted by Crippen LogP contribution is 2.36. The third-order valence-corrected chi connectivity index (χ3v) is 7.63. The molecule has 1 aliphatic carbocycles. The zero-order valence-electron chi connectivity index (χ0n) is 14.6. The van der Waals surface area contributed by atoms with Crippen LogP contribution in [0.1, 0.15) is 25.7 Å². The van der Waals surface area contributed by atoms with Crippen LogP contribution < -0.4 is 0 Å². The van der Waals surface area contributed by atoms with Gasteiger partial charge in [-0.3, -0.25) is 9.59 Å². The van der Waals surface area contributed by atoms with Crippen LogP contribution in [0.3, 0.4) is 0 Å². The van der Waals surface area contributed by atoms with E-state index in [1.807, 2.05) is 29.6 Å². The Balaban J connectivity index is 1.41. The standard InChI is InChI=1S/C21H9N3O2S3/c25-16-12-7-10-3-1-2-4-11(10)8-13(12)17(26)14(16)9-15-23-20-21(28-15)24-19(29-20)18-22-5-6-27-18/h1-9H. The molecule has 5 nitrogen and oxygen atoms in total. The Kier molecular flexibility index (Phi) is 3.61. The third kappa shape index (κ3) is 2.61. The Morgan fingerprint density at radius 1 is 0.828 bits per heavy atom. The molecule has 0 fully saturated rings. The minimum Gasteiger partial charge on any atom is -0.288 e. The van der Waals surface area contributed by atoms with E-state index < -0.39 is 0 Å². The van der Waals surface area contributed by atoms with Crippen molar-refractivity contribution in [3.8, 4) is 10.0 Å². The van der Waals surface area contributed by atoms with Crippen molar-refractivity contribution in [1.29, 1.82) is 0 Å². The molecule has 5 aromatic rings. The van der Waals surface area contributed by atoms with Crippen LogP contribution in [0.15, 0.2) is 53.5 Å². The van der Waals surface area contributed by atoms with E-state index in [1.54, 1.807) is 24.4 Å². The zero-order valence-corrected chi connectivity index (χ0v) is 17.0. The monoisotopic (exact) mass is 431 g/mol. The molecule has 0 bridgehead atoms. The van der Waals surface area contributed by atoms with Crippen molar-refractivity contribution in [2.24, 2.45) is 0 Å². The molecule has 8 heteroatoms. The summed E-state index contributed by atoms with van der Waals surface area (Å²) in [5, 5.41) is 6.11. The molecule has 1 aliphatic rings. The molecule has 0 radical (unpaired) electrons. The number of carbonyl (C=O) groups is 2. The Morgan fingerprint density at radius 3 is 2.14 bits per heavy atom. The molecule has 0 unspecified atom stereocenters. The summed E-state index contributed by atoms with van der Waals surface area (Å²) in [6.07, 6.45) is 3.34. The van der Waals surface area contributed by atoms with Gasteiger partial charge in [0.15, 0.2) is 31.2 Å². The number of Topliss-reactive ketones (excluding diaryl/α,β-unsaturated/α-hetero) is 2. The molecule has 2 aromatic carbocycles. The summed E-state index contributed by atoms with van der Waals surface area (Å²) in [6, 6.07) is 11.3. The number of carbonyl (C=O) groups excluding carboxylic acids is 2. The van der Waals surface area contributed by atoms with Crippen LogP contribution in [-0.2, 0) is 0 Å². The summed E-state index contributed by atoms with van der Waals surface area (Å²) >= 11 is 4.37. The SMILES string of the molecule is O=C1C(=Cc2nc3sc(-c4nccs4)nc3s2)C(=O)c2cc3ccccc3cc21. The first-order chi connectivity index (χ1) is 14.2. The third-order valence-electron chi connectivity index (χ3n) is 4.74. The Labute approximate surface area is 176 Å². The van der Waals surface area contributed by atoms with Gasteiger partial charge in [-0.1, -0.05) is 46.9 Å². The van der Waals surface area contributed by atoms with Gasteiger partial charge in [0.05, 0.1) is 5.57 Å². The van der Waals surface area contributed by atoms with Crippen molar-refractivity contribution in [1.82, 2.24) is 15.0 Å². The summed E-state index contributed by atoms with van der Waals surface area (Å²) in [5.74, 6) is -0.489. The van der Waals surface area contributed by atoms with Crippen molar-refractivity contribution >= 4 is 72.1 Å². The van der Waals surface area contributed by atoms with Crippen LogP contribution in [-0.4, -0.2) is 26.5 Å². The van der Waals surface area contributed by atoms with E-state index in [1.165, 1.54) is 34.0 Å². The van der Waals surface area contributed by atoms with E-state index >= 15 is 0 Å². The second-order valence-corrected chi connectivity index (χ2v) is 9.36. The summed E-state index contributed by atoms with van der Waals surface area (Å²) < 4.78 is 0. The summed E-state index contributed by atoms with van der Waals surface area (Å²) in [4.78, 5) is 40.8. The maximum Gasteiger partial charge on any atom is 0.197 e. The molecule has 0 N–H and O–H groups in total.